The molecule has 0 unspecified atom stereocenters. The van der Waals surface area contributed by atoms with Crippen molar-refractivity contribution in [3.8, 4) is 0 Å². The van der Waals surface area contributed by atoms with Gasteiger partial charge in [-0.1, -0.05) is 53.2 Å². The molecule has 30 nitrogen and oxygen atoms in total. The Morgan fingerprint density at radius 1 is 0.543 bits per heavy atom. The molecule has 0 amide bonds. The van der Waals surface area contributed by atoms with Crippen LogP contribution in [0.2, 0.25) is 0 Å². The van der Waals surface area contributed by atoms with Gasteiger partial charge >= 0.3 is 5.97 Å². The second-order valence-electron chi connectivity index (χ2n) is 30.2. The molecule has 528 valence electrons. The van der Waals surface area contributed by atoms with Crippen molar-refractivity contribution in [2.45, 2.75) is 272 Å². The fourth-order valence-corrected chi connectivity index (χ4v) is 18.5. The summed E-state index contributed by atoms with van der Waals surface area (Å²) >= 11 is 0. The highest BCUT2D eigenvalue weighted by Crippen LogP contribution is 2.76. The molecule has 0 radical (unpaired) electrons. The molecule has 6 saturated heterocycles. The van der Waals surface area contributed by atoms with Crippen molar-refractivity contribution in [2.75, 3.05) is 46.2 Å². The fourth-order valence-electron chi connectivity index (χ4n) is 18.5. The highest BCUT2D eigenvalue weighted by atomic mass is 16.8. The van der Waals surface area contributed by atoms with Crippen LogP contribution >= 0.6 is 0 Å². The van der Waals surface area contributed by atoms with E-state index >= 15 is 4.79 Å². The molecule has 6 aliphatic heterocycles. The van der Waals surface area contributed by atoms with E-state index in [9.17, 15) is 86.8 Å². The van der Waals surface area contributed by atoms with Crippen molar-refractivity contribution in [1.29, 1.82) is 0 Å². The summed E-state index contributed by atoms with van der Waals surface area (Å²) in [5.74, 6) is -1.40. The standard InChI is InChI=1S/C62H100O30/c1-25-43(87-49-39(74)35(70)29(67)19-81-49)45(89-54-47(78)62(80,23-65)24-84-54)42(77)51(85-25)90-46-37(72)31(69)21-83-53(46)92-55(79)61-14-12-56(2,3)16-27(61)26-8-9-34-57(4)17-28(66)48(58(5,22-64)33(57)10-11-60(34,7)59(26,6)13-15-61)91-52-41(76)44(38(73)32(18-63)86-52)88-50-40(75)36(71)30(68)20-82-50/h8,25,27-54,63-78,80H,9-24H2,1-7H3/t25-,27-,28-,29+,30+,31-,32+,33+,34+,35-,36-,37+,38+,39+,40+,41+,42+,43-,44-,45+,46+,47-,48-,49-,50-,51-,52-,53-,54-,57-,58-,59+,60+,61-,62+/m0/s1. The van der Waals surface area contributed by atoms with E-state index in [1.165, 1.54) is 6.92 Å². The first-order chi connectivity index (χ1) is 43.2. The quantitative estimate of drug-likeness (QED) is 0.0415. The molecular formula is C62H100O30. The molecular weight excluding hydrogens is 1220 g/mol. The molecule has 0 aromatic heterocycles. The first-order valence-corrected chi connectivity index (χ1v) is 32.5. The Hall–Kier alpha value is -1.91. The first kappa shape index (κ1) is 71.4. The second kappa shape index (κ2) is 26.3. The van der Waals surface area contributed by atoms with Crippen LogP contribution in [0.1, 0.15) is 106 Å². The van der Waals surface area contributed by atoms with Crippen molar-refractivity contribution in [2.24, 2.45) is 50.2 Å². The van der Waals surface area contributed by atoms with E-state index in [0.717, 1.165) is 5.57 Å². The number of rotatable bonds is 15. The number of fused-ring (bicyclic) bond motifs is 7. The van der Waals surface area contributed by atoms with Crippen LogP contribution in [0.3, 0.4) is 0 Å². The van der Waals surface area contributed by atoms with Crippen LogP contribution in [-0.2, 0) is 61.6 Å². The Morgan fingerprint density at radius 3 is 1.72 bits per heavy atom. The van der Waals surface area contributed by atoms with E-state index in [4.69, 9.17) is 56.8 Å². The van der Waals surface area contributed by atoms with Crippen molar-refractivity contribution in [3.63, 3.8) is 0 Å². The van der Waals surface area contributed by atoms with Crippen LogP contribution < -0.4 is 0 Å². The Balaban J connectivity index is 0.828. The van der Waals surface area contributed by atoms with Crippen LogP contribution in [0.4, 0.5) is 0 Å². The van der Waals surface area contributed by atoms with Gasteiger partial charge in [0.05, 0.1) is 70.0 Å². The molecule has 92 heavy (non-hydrogen) atoms. The van der Waals surface area contributed by atoms with E-state index in [1.54, 1.807) is 0 Å². The third-order valence-electron chi connectivity index (χ3n) is 24.3. The summed E-state index contributed by atoms with van der Waals surface area (Å²) in [5, 5.41) is 187. The highest BCUT2D eigenvalue weighted by Gasteiger charge is 2.72. The van der Waals surface area contributed by atoms with Gasteiger partial charge in [0.25, 0.3) is 0 Å². The summed E-state index contributed by atoms with van der Waals surface area (Å²) in [7, 11) is 0. The van der Waals surface area contributed by atoms with Gasteiger partial charge in [0.1, 0.15) is 103 Å². The Morgan fingerprint density at radius 2 is 1.11 bits per heavy atom. The second-order valence-corrected chi connectivity index (χ2v) is 30.2. The lowest BCUT2D eigenvalue weighted by Crippen LogP contribution is -2.70. The smallest absolute Gasteiger partial charge is 0.315 e. The van der Waals surface area contributed by atoms with Gasteiger partial charge in [-0.25, -0.2) is 0 Å². The molecule has 10 fully saturated rings. The molecule has 6 heterocycles. The minimum Gasteiger partial charge on any atom is -0.432 e. The highest BCUT2D eigenvalue weighted by molar-refractivity contribution is 5.79. The fraction of sp³-hybridized carbons (Fsp3) is 0.952. The number of esters is 1. The molecule has 0 spiro atoms. The first-order valence-electron chi connectivity index (χ1n) is 32.5. The Kier molecular flexibility index (Phi) is 20.4. The average molecular weight is 1330 g/mol. The molecule has 0 bridgehead atoms. The summed E-state index contributed by atoms with van der Waals surface area (Å²) in [5.41, 5.74) is -5.28. The SMILES string of the molecule is C[C@@H]1O[C@@H](O[C@H]2[C@H](OC(=O)[C@]34CCC(C)(C)C[C@H]3C3=CC[C@@H]5[C@@]6(C)C[C@H](O)[C@H](O[C@@H]7O[C@H](CO)[C@@H](O)[C@H](O[C@@H]8OC[C@@H](O)[C@H](O)[C@H]8O)[C@H]7O)[C@@](C)(CO)[C@@H]6CC[C@@]5(C)[C@]3(C)CC4)OC[C@H](O)[C@H]2O)[C@H](O)[C@@H](O[C@@H]2OC[C@](O)(CO)[C@H]2O)[C@H]1O[C@@H]1OC[C@@H](O)[C@H](O)[C@H]1O. The maximum absolute atomic E-state index is 15.6. The van der Waals surface area contributed by atoms with Gasteiger partial charge in [0.15, 0.2) is 37.6 Å². The zero-order valence-electron chi connectivity index (χ0n) is 53.0. The zero-order chi connectivity index (χ0) is 66.9. The number of allylic oxidation sites excluding steroid dienone is 2. The zero-order valence-corrected chi connectivity index (χ0v) is 53.0. The minimum atomic E-state index is -2.18. The van der Waals surface area contributed by atoms with Crippen molar-refractivity contribution >= 4 is 5.97 Å². The largest absolute Gasteiger partial charge is 0.432 e. The summed E-state index contributed by atoms with van der Waals surface area (Å²) in [6.45, 7) is 10.2. The molecule has 17 N–H and O–H groups in total. The Labute approximate surface area is 532 Å². The summed E-state index contributed by atoms with van der Waals surface area (Å²) in [4.78, 5) is 15.6. The number of hydrogen-bond donors (Lipinski definition) is 17. The maximum atomic E-state index is 15.6. The van der Waals surface area contributed by atoms with Gasteiger partial charge < -0.3 is 144 Å². The summed E-state index contributed by atoms with van der Waals surface area (Å²) in [6.07, 6.45) is -35.6. The Bertz CT molecular complexity index is 2610. The van der Waals surface area contributed by atoms with Gasteiger partial charge in [-0.05, 0) is 104 Å². The van der Waals surface area contributed by atoms with Gasteiger partial charge in [-0.15, -0.1) is 0 Å². The van der Waals surface area contributed by atoms with Gasteiger partial charge in [0.2, 0.25) is 6.29 Å². The number of hydrogen-bond acceptors (Lipinski definition) is 30. The average Bonchev–Trinajstić information content (AvgIpc) is 0.734. The topological polar surface area (TPSA) is 472 Å². The van der Waals surface area contributed by atoms with Crippen LogP contribution in [0.15, 0.2) is 11.6 Å². The lowest BCUT2D eigenvalue weighted by Gasteiger charge is -2.72. The molecule has 5 aliphatic carbocycles. The summed E-state index contributed by atoms with van der Waals surface area (Å²) < 4.78 is 71.7. The molecule has 0 aromatic rings. The number of aliphatic hydroxyl groups is 17. The lowest BCUT2D eigenvalue weighted by atomic mass is 9.33. The number of ether oxygens (including phenoxy) is 12. The van der Waals surface area contributed by atoms with Crippen molar-refractivity contribution in [3.05, 3.63) is 11.6 Å². The molecule has 0 aromatic carbocycles. The van der Waals surface area contributed by atoms with Gasteiger partial charge in [0, 0.05) is 5.41 Å². The molecule has 35 atom stereocenters. The number of aliphatic hydroxyl groups excluding tert-OH is 16. The predicted molar refractivity (Wildman–Crippen MR) is 305 cm³/mol. The van der Waals surface area contributed by atoms with E-state index in [1.807, 2.05) is 6.92 Å². The van der Waals surface area contributed by atoms with Crippen molar-refractivity contribution in [1.82, 2.24) is 0 Å². The van der Waals surface area contributed by atoms with Crippen LogP contribution in [0.25, 0.3) is 0 Å². The van der Waals surface area contributed by atoms with Crippen molar-refractivity contribution < 1.29 is 148 Å². The maximum Gasteiger partial charge on any atom is 0.315 e. The third-order valence-corrected chi connectivity index (χ3v) is 24.3. The lowest BCUT2D eigenvalue weighted by molar-refractivity contribution is -0.381. The summed E-state index contributed by atoms with van der Waals surface area (Å²) in [6, 6.07) is 0. The number of carbonyl (C=O) groups excluding carboxylic acids is 1. The third kappa shape index (κ3) is 11.9. The normalized spacial score (nSPS) is 55.3. The van der Waals surface area contributed by atoms with Crippen LogP contribution in [0, 0.1) is 50.2 Å². The molecule has 11 aliphatic rings. The van der Waals surface area contributed by atoms with E-state index in [-0.39, 0.29) is 29.6 Å². The predicted octanol–water partition coefficient (Wildman–Crippen LogP) is -4.86. The minimum absolute atomic E-state index is 0.0963. The monoisotopic (exact) mass is 1320 g/mol. The van der Waals surface area contributed by atoms with Gasteiger partial charge in [-0.3, -0.25) is 4.79 Å². The molecule has 11 rings (SSSR count). The van der Waals surface area contributed by atoms with Gasteiger partial charge in [-0.2, -0.15) is 0 Å². The van der Waals surface area contributed by atoms with E-state index < -0.39 is 245 Å². The van der Waals surface area contributed by atoms with Crippen LogP contribution in [-0.4, -0.2) is 304 Å². The molecule has 30 heteroatoms. The number of carbonyl (C=O) groups is 1. The van der Waals surface area contributed by atoms with E-state index in [2.05, 4.69) is 40.7 Å². The molecule has 4 saturated carbocycles. The van der Waals surface area contributed by atoms with E-state index in [0.29, 0.717) is 51.4 Å². The van der Waals surface area contributed by atoms with Crippen LogP contribution in [0.5, 0.6) is 0 Å².